The van der Waals surface area contributed by atoms with Gasteiger partial charge < -0.3 is 19.9 Å². The first-order chi connectivity index (χ1) is 10.0. The van der Waals surface area contributed by atoms with E-state index in [1.165, 1.54) is 0 Å². The van der Waals surface area contributed by atoms with Crippen LogP contribution in [0.1, 0.15) is 18.5 Å². The van der Waals surface area contributed by atoms with Gasteiger partial charge in [0.05, 0.1) is 25.3 Å². The van der Waals surface area contributed by atoms with Crippen molar-refractivity contribution in [2.45, 2.75) is 13.0 Å². The number of rotatable bonds is 5. The number of ether oxygens (including phenoxy) is 2. The number of phenolic OH excluding ortho intramolecular Hbond substituents is 1. The summed E-state index contributed by atoms with van der Waals surface area (Å²) in [7, 11) is 3.17. The molecule has 0 radical (unpaired) electrons. The topological polar surface area (TPSA) is 50.7 Å². The summed E-state index contributed by atoms with van der Waals surface area (Å²) in [6.07, 6.45) is 0. The highest BCUT2D eigenvalue weighted by Crippen LogP contribution is 2.32. The summed E-state index contributed by atoms with van der Waals surface area (Å²) >= 11 is 6.10. The van der Waals surface area contributed by atoms with Crippen molar-refractivity contribution in [1.82, 2.24) is 0 Å². The van der Waals surface area contributed by atoms with Crippen LogP contribution in [0, 0.1) is 0 Å². The molecule has 0 bridgehead atoms. The standard InChI is InChI=1S/C16H18ClNO3/c1-10(13-9-12(20-2)5-6-15(13)19)18-11-4-7-16(21-3)14(17)8-11/h4-10,18-19H,1-3H3. The van der Waals surface area contributed by atoms with Crippen molar-refractivity contribution < 1.29 is 14.6 Å². The lowest BCUT2D eigenvalue weighted by Gasteiger charge is -2.18. The average Bonchev–Trinajstić information content (AvgIpc) is 2.48. The summed E-state index contributed by atoms with van der Waals surface area (Å²) in [5.41, 5.74) is 1.59. The zero-order valence-corrected chi connectivity index (χ0v) is 12.9. The number of phenols is 1. The summed E-state index contributed by atoms with van der Waals surface area (Å²) in [5.74, 6) is 1.54. The maximum atomic E-state index is 9.97. The predicted molar refractivity (Wildman–Crippen MR) is 84.7 cm³/mol. The Kier molecular flexibility index (Phi) is 4.81. The number of methoxy groups -OCH3 is 2. The summed E-state index contributed by atoms with van der Waals surface area (Å²) < 4.78 is 10.3. The van der Waals surface area contributed by atoms with E-state index < -0.39 is 0 Å². The van der Waals surface area contributed by atoms with E-state index in [0.717, 1.165) is 11.3 Å². The number of hydrogen-bond acceptors (Lipinski definition) is 4. The number of aromatic hydroxyl groups is 1. The SMILES string of the molecule is COc1ccc(O)c(C(C)Nc2ccc(OC)c(Cl)c2)c1. The van der Waals surface area contributed by atoms with Gasteiger partial charge in [0.25, 0.3) is 0 Å². The van der Waals surface area contributed by atoms with Gasteiger partial charge in [-0.2, -0.15) is 0 Å². The summed E-state index contributed by atoms with van der Waals surface area (Å²) in [6, 6.07) is 10.5. The van der Waals surface area contributed by atoms with Gasteiger partial charge in [-0.25, -0.2) is 0 Å². The number of hydrogen-bond donors (Lipinski definition) is 2. The molecule has 0 fully saturated rings. The number of halogens is 1. The molecule has 21 heavy (non-hydrogen) atoms. The highest BCUT2D eigenvalue weighted by Gasteiger charge is 2.12. The van der Waals surface area contributed by atoms with E-state index >= 15 is 0 Å². The van der Waals surface area contributed by atoms with E-state index in [1.54, 1.807) is 44.6 Å². The smallest absolute Gasteiger partial charge is 0.137 e. The molecular formula is C16H18ClNO3. The van der Waals surface area contributed by atoms with Crippen LogP contribution < -0.4 is 14.8 Å². The summed E-state index contributed by atoms with van der Waals surface area (Å²) in [4.78, 5) is 0. The molecule has 0 aliphatic carbocycles. The second-order valence-electron chi connectivity index (χ2n) is 4.64. The molecule has 2 N–H and O–H groups in total. The van der Waals surface area contributed by atoms with Crippen LogP contribution in [0.2, 0.25) is 5.02 Å². The molecule has 0 aromatic heterocycles. The van der Waals surface area contributed by atoms with Gasteiger partial charge in [-0.1, -0.05) is 11.6 Å². The molecule has 2 aromatic carbocycles. The van der Waals surface area contributed by atoms with Gasteiger partial charge in [-0.15, -0.1) is 0 Å². The van der Waals surface area contributed by atoms with Crippen LogP contribution in [-0.2, 0) is 0 Å². The van der Waals surface area contributed by atoms with Crippen LogP contribution in [0.25, 0.3) is 0 Å². The van der Waals surface area contributed by atoms with Crippen LogP contribution in [0.5, 0.6) is 17.2 Å². The van der Waals surface area contributed by atoms with Crippen molar-refractivity contribution in [3.05, 3.63) is 47.0 Å². The van der Waals surface area contributed by atoms with E-state index in [1.807, 2.05) is 13.0 Å². The van der Waals surface area contributed by atoms with Crippen LogP contribution >= 0.6 is 11.6 Å². The van der Waals surface area contributed by atoms with Gasteiger partial charge in [0, 0.05) is 11.3 Å². The van der Waals surface area contributed by atoms with Crippen molar-refractivity contribution >= 4 is 17.3 Å². The molecule has 5 heteroatoms. The number of anilines is 1. The number of nitrogens with one attached hydrogen (secondary N) is 1. The quantitative estimate of drug-likeness (QED) is 0.867. The van der Waals surface area contributed by atoms with Crippen LogP contribution in [0.3, 0.4) is 0 Å². The molecule has 2 rings (SSSR count). The monoisotopic (exact) mass is 307 g/mol. The maximum absolute atomic E-state index is 9.97. The van der Waals surface area contributed by atoms with E-state index in [9.17, 15) is 5.11 Å². The highest BCUT2D eigenvalue weighted by atomic mass is 35.5. The van der Waals surface area contributed by atoms with E-state index in [4.69, 9.17) is 21.1 Å². The first-order valence-corrected chi connectivity index (χ1v) is 6.90. The van der Waals surface area contributed by atoms with Crippen molar-refractivity contribution in [3.8, 4) is 17.2 Å². The Morgan fingerprint density at radius 1 is 1.10 bits per heavy atom. The van der Waals surface area contributed by atoms with E-state index in [0.29, 0.717) is 16.5 Å². The summed E-state index contributed by atoms with van der Waals surface area (Å²) in [5, 5.41) is 13.8. The molecule has 4 nitrogen and oxygen atoms in total. The molecule has 2 aromatic rings. The number of benzene rings is 2. The fraction of sp³-hybridized carbons (Fsp3) is 0.250. The largest absolute Gasteiger partial charge is 0.508 e. The second kappa shape index (κ2) is 6.59. The first-order valence-electron chi connectivity index (χ1n) is 6.52. The minimum absolute atomic E-state index is 0.107. The van der Waals surface area contributed by atoms with Gasteiger partial charge in [0.15, 0.2) is 0 Å². The van der Waals surface area contributed by atoms with Crippen molar-refractivity contribution in [2.24, 2.45) is 0 Å². The fourth-order valence-electron chi connectivity index (χ4n) is 2.09. The van der Waals surface area contributed by atoms with Crippen LogP contribution in [-0.4, -0.2) is 19.3 Å². The molecule has 0 heterocycles. The molecule has 0 amide bonds. The molecular weight excluding hydrogens is 290 g/mol. The minimum Gasteiger partial charge on any atom is -0.508 e. The van der Waals surface area contributed by atoms with Crippen molar-refractivity contribution in [2.75, 3.05) is 19.5 Å². The molecule has 1 unspecified atom stereocenters. The Morgan fingerprint density at radius 2 is 1.86 bits per heavy atom. The van der Waals surface area contributed by atoms with E-state index in [2.05, 4.69) is 5.32 Å². The van der Waals surface area contributed by atoms with Gasteiger partial charge >= 0.3 is 0 Å². The maximum Gasteiger partial charge on any atom is 0.137 e. The molecule has 0 saturated heterocycles. The zero-order valence-electron chi connectivity index (χ0n) is 12.2. The minimum atomic E-state index is -0.107. The Balaban J connectivity index is 2.21. The lowest BCUT2D eigenvalue weighted by molar-refractivity contribution is 0.410. The van der Waals surface area contributed by atoms with Crippen LogP contribution in [0.15, 0.2) is 36.4 Å². The molecule has 0 aliphatic heterocycles. The zero-order chi connectivity index (χ0) is 15.4. The first kappa shape index (κ1) is 15.3. The van der Waals surface area contributed by atoms with Gasteiger partial charge in [-0.05, 0) is 43.3 Å². The van der Waals surface area contributed by atoms with Crippen molar-refractivity contribution in [3.63, 3.8) is 0 Å². The lowest BCUT2D eigenvalue weighted by atomic mass is 10.1. The normalized spacial score (nSPS) is 11.8. The van der Waals surface area contributed by atoms with Gasteiger partial charge in [-0.3, -0.25) is 0 Å². The molecule has 0 spiro atoms. The molecule has 112 valence electrons. The second-order valence-corrected chi connectivity index (χ2v) is 5.05. The highest BCUT2D eigenvalue weighted by molar-refractivity contribution is 6.32. The Bertz CT molecular complexity index is 631. The fourth-order valence-corrected chi connectivity index (χ4v) is 2.35. The summed E-state index contributed by atoms with van der Waals surface area (Å²) in [6.45, 7) is 1.95. The van der Waals surface area contributed by atoms with Crippen LogP contribution in [0.4, 0.5) is 5.69 Å². The third kappa shape index (κ3) is 3.52. The third-order valence-corrected chi connectivity index (χ3v) is 3.53. The Morgan fingerprint density at radius 3 is 2.48 bits per heavy atom. The Hall–Kier alpha value is -2.07. The average molecular weight is 308 g/mol. The Labute approximate surface area is 129 Å². The molecule has 0 aliphatic rings. The van der Waals surface area contributed by atoms with Crippen molar-refractivity contribution in [1.29, 1.82) is 0 Å². The van der Waals surface area contributed by atoms with E-state index in [-0.39, 0.29) is 11.8 Å². The molecule has 0 saturated carbocycles. The van der Waals surface area contributed by atoms with Gasteiger partial charge in [0.2, 0.25) is 0 Å². The predicted octanol–water partition coefficient (Wildman–Crippen LogP) is 4.24. The lowest BCUT2D eigenvalue weighted by Crippen LogP contribution is -2.07. The molecule has 1 atom stereocenters. The third-order valence-electron chi connectivity index (χ3n) is 3.24. The van der Waals surface area contributed by atoms with Gasteiger partial charge in [0.1, 0.15) is 17.2 Å².